The third-order valence-electron chi connectivity index (χ3n) is 3.53. The standard InChI is InChI=1S/C18H18F2N2O3S/c1-11-4-3-5-12(2)18(11)22-17(24)10-26(25)9-16(23)21-13-6-7-14(19)15(20)8-13/h3-8H,9-10H2,1-2H3,(H,21,23)(H,22,24). The molecule has 2 rings (SSSR count). The Bertz CT molecular complexity index is 851. The van der Waals surface area contributed by atoms with Gasteiger partial charge in [-0.15, -0.1) is 0 Å². The normalized spacial score (nSPS) is 11.7. The van der Waals surface area contributed by atoms with Crippen LogP contribution in [0.2, 0.25) is 0 Å². The number of para-hydroxylation sites is 1. The van der Waals surface area contributed by atoms with Crippen LogP contribution in [0.3, 0.4) is 0 Å². The van der Waals surface area contributed by atoms with Crippen LogP contribution in [0.4, 0.5) is 20.2 Å². The van der Waals surface area contributed by atoms with Crippen LogP contribution in [0.5, 0.6) is 0 Å². The van der Waals surface area contributed by atoms with Crippen molar-refractivity contribution < 1.29 is 22.6 Å². The molecule has 1 atom stereocenters. The average molecular weight is 380 g/mol. The van der Waals surface area contributed by atoms with E-state index in [1.165, 1.54) is 6.07 Å². The van der Waals surface area contributed by atoms with Crippen molar-refractivity contribution in [3.63, 3.8) is 0 Å². The maximum atomic E-state index is 13.1. The number of aryl methyl sites for hydroxylation is 2. The number of carbonyl (C=O) groups excluding carboxylic acids is 2. The molecule has 2 N–H and O–H groups in total. The van der Waals surface area contributed by atoms with Gasteiger partial charge in [-0.25, -0.2) is 8.78 Å². The summed E-state index contributed by atoms with van der Waals surface area (Å²) in [6.45, 7) is 3.68. The van der Waals surface area contributed by atoms with Gasteiger partial charge in [-0.2, -0.15) is 0 Å². The number of hydrogen-bond donors (Lipinski definition) is 2. The molecule has 5 nitrogen and oxygen atoms in total. The SMILES string of the molecule is Cc1cccc(C)c1NC(=O)CS(=O)CC(=O)Nc1ccc(F)c(F)c1. The van der Waals surface area contributed by atoms with Crippen LogP contribution < -0.4 is 10.6 Å². The first kappa shape index (κ1) is 19.7. The van der Waals surface area contributed by atoms with Crippen molar-refractivity contribution in [3.8, 4) is 0 Å². The number of halogens is 2. The van der Waals surface area contributed by atoms with Crippen molar-refractivity contribution in [1.29, 1.82) is 0 Å². The van der Waals surface area contributed by atoms with E-state index in [-0.39, 0.29) is 11.4 Å². The number of carbonyl (C=O) groups is 2. The Morgan fingerprint density at radius 1 is 0.923 bits per heavy atom. The lowest BCUT2D eigenvalue weighted by Crippen LogP contribution is -2.26. The highest BCUT2D eigenvalue weighted by atomic mass is 32.2. The highest BCUT2D eigenvalue weighted by Gasteiger charge is 2.15. The molecule has 0 aliphatic rings. The van der Waals surface area contributed by atoms with Crippen molar-refractivity contribution >= 4 is 34.0 Å². The lowest BCUT2D eigenvalue weighted by Gasteiger charge is -2.11. The predicted molar refractivity (Wildman–Crippen MR) is 97.4 cm³/mol. The maximum Gasteiger partial charge on any atom is 0.237 e. The van der Waals surface area contributed by atoms with E-state index in [4.69, 9.17) is 0 Å². The average Bonchev–Trinajstić information content (AvgIpc) is 2.54. The van der Waals surface area contributed by atoms with E-state index in [1.807, 2.05) is 32.0 Å². The van der Waals surface area contributed by atoms with E-state index in [0.717, 1.165) is 23.3 Å². The van der Waals surface area contributed by atoms with Crippen molar-refractivity contribution in [2.45, 2.75) is 13.8 Å². The van der Waals surface area contributed by atoms with Gasteiger partial charge in [0.1, 0.15) is 11.5 Å². The molecule has 26 heavy (non-hydrogen) atoms. The van der Waals surface area contributed by atoms with Gasteiger partial charge < -0.3 is 10.6 Å². The highest BCUT2D eigenvalue weighted by Crippen LogP contribution is 2.19. The van der Waals surface area contributed by atoms with Crippen LogP contribution in [0.25, 0.3) is 0 Å². The predicted octanol–water partition coefficient (Wildman–Crippen LogP) is 2.91. The van der Waals surface area contributed by atoms with Gasteiger partial charge in [-0.05, 0) is 37.1 Å². The zero-order chi connectivity index (χ0) is 19.3. The molecular formula is C18H18F2N2O3S. The van der Waals surface area contributed by atoms with Gasteiger partial charge in [0.15, 0.2) is 11.6 Å². The topological polar surface area (TPSA) is 75.3 Å². The molecule has 2 aromatic rings. The van der Waals surface area contributed by atoms with Crippen molar-refractivity contribution in [2.75, 3.05) is 22.1 Å². The van der Waals surface area contributed by atoms with Gasteiger partial charge in [0, 0.05) is 28.2 Å². The minimum Gasteiger partial charge on any atom is -0.325 e. The number of nitrogens with one attached hydrogen (secondary N) is 2. The molecule has 0 heterocycles. The Morgan fingerprint density at radius 3 is 2.08 bits per heavy atom. The second kappa shape index (κ2) is 8.66. The second-order valence-corrected chi connectivity index (χ2v) is 7.18. The molecule has 0 aliphatic heterocycles. The molecule has 0 fully saturated rings. The summed E-state index contributed by atoms with van der Waals surface area (Å²) >= 11 is 0. The van der Waals surface area contributed by atoms with Gasteiger partial charge >= 0.3 is 0 Å². The van der Waals surface area contributed by atoms with Gasteiger partial charge in [0.25, 0.3) is 0 Å². The van der Waals surface area contributed by atoms with E-state index in [9.17, 15) is 22.6 Å². The van der Waals surface area contributed by atoms with Crippen LogP contribution in [0.15, 0.2) is 36.4 Å². The highest BCUT2D eigenvalue weighted by molar-refractivity contribution is 7.86. The first-order valence-corrected chi connectivity index (χ1v) is 9.21. The van der Waals surface area contributed by atoms with Crippen molar-refractivity contribution in [1.82, 2.24) is 0 Å². The summed E-state index contributed by atoms with van der Waals surface area (Å²) in [5.74, 6) is -4.04. The van der Waals surface area contributed by atoms with Crippen LogP contribution in [0, 0.1) is 25.5 Å². The maximum absolute atomic E-state index is 13.1. The fraction of sp³-hybridized carbons (Fsp3) is 0.222. The quantitative estimate of drug-likeness (QED) is 0.809. The fourth-order valence-corrected chi connectivity index (χ4v) is 3.13. The summed E-state index contributed by atoms with van der Waals surface area (Å²) in [6.07, 6.45) is 0. The molecule has 0 radical (unpaired) electrons. The van der Waals surface area contributed by atoms with E-state index >= 15 is 0 Å². The molecule has 0 saturated carbocycles. The molecule has 0 spiro atoms. The third-order valence-corrected chi connectivity index (χ3v) is 4.70. The molecule has 0 bridgehead atoms. The summed E-state index contributed by atoms with van der Waals surface area (Å²) in [5.41, 5.74) is 2.45. The Balaban J connectivity index is 1.88. The lowest BCUT2D eigenvalue weighted by atomic mass is 10.1. The summed E-state index contributed by atoms with van der Waals surface area (Å²) in [4.78, 5) is 23.8. The van der Waals surface area contributed by atoms with Gasteiger partial charge in [0.2, 0.25) is 11.8 Å². The Kier molecular flexibility index (Phi) is 6.57. The Labute approximate surface area is 152 Å². The minimum atomic E-state index is -1.74. The van der Waals surface area contributed by atoms with E-state index < -0.39 is 40.0 Å². The first-order valence-electron chi connectivity index (χ1n) is 7.72. The van der Waals surface area contributed by atoms with Crippen LogP contribution in [0.1, 0.15) is 11.1 Å². The summed E-state index contributed by atoms with van der Waals surface area (Å²) < 4.78 is 37.9. The Hall–Kier alpha value is -2.61. The lowest BCUT2D eigenvalue weighted by molar-refractivity contribution is -0.114. The molecule has 0 aliphatic carbocycles. The molecule has 2 aromatic carbocycles. The molecule has 8 heteroatoms. The van der Waals surface area contributed by atoms with E-state index in [0.29, 0.717) is 5.69 Å². The first-order chi connectivity index (χ1) is 12.3. The summed E-state index contributed by atoms with van der Waals surface area (Å²) in [6, 6.07) is 8.43. The van der Waals surface area contributed by atoms with Gasteiger partial charge in [-0.1, -0.05) is 18.2 Å². The smallest absolute Gasteiger partial charge is 0.237 e. The van der Waals surface area contributed by atoms with Crippen LogP contribution in [-0.2, 0) is 20.4 Å². The van der Waals surface area contributed by atoms with Gasteiger partial charge in [-0.3, -0.25) is 13.8 Å². The number of hydrogen-bond acceptors (Lipinski definition) is 3. The van der Waals surface area contributed by atoms with E-state index in [1.54, 1.807) is 0 Å². The largest absolute Gasteiger partial charge is 0.325 e. The van der Waals surface area contributed by atoms with Crippen molar-refractivity contribution in [3.05, 3.63) is 59.2 Å². The molecule has 138 valence electrons. The monoisotopic (exact) mass is 380 g/mol. The third kappa shape index (κ3) is 5.45. The van der Waals surface area contributed by atoms with Crippen molar-refractivity contribution in [2.24, 2.45) is 0 Å². The molecule has 0 saturated heterocycles. The van der Waals surface area contributed by atoms with E-state index in [2.05, 4.69) is 10.6 Å². The Morgan fingerprint density at radius 2 is 1.50 bits per heavy atom. The van der Waals surface area contributed by atoms with Crippen LogP contribution in [-0.4, -0.2) is 27.5 Å². The number of anilines is 2. The molecule has 2 amide bonds. The molecule has 1 unspecified atom stereocenters. The molecule has 0 aromatic heterocycles. The zero-order valence-electron chi connectivity index (χ0n) is 14.3. The van der Waals surface area contributed by atoms with Gasteiger partial charge in [0.05, 0.1) is 0 Å². The zero-order valence-corrected chi connectivity index (χ0v) is 15.1. The fourth-order valence-electron chi connectivity index (χ4n) is 2.30. The number of benzene rings is 2. The molecular weight excluding hydrogens is 362 g/mol. The van der Waals surface area contributed by atoms with Crippen LogP contribution >= 0.6 is 0 Å². The minimum absolute atomic E-state index is 0.0471. The number of amides is 2. The summed E-state index contributed by atoms with van der Waals surface area (Å²) in [7, 11) is -1.74. The second-order valence-electron chi connectivity index (χ2n) is 5.72. The summed E-state index contributed by atoms with van der Waals surface area (Å²) in [5, 5.41) is 5.00. The number of rotatable bonds is 6.